The van der Waals surface area contributed by atoms with Gasteiger partial charge in [0.2, 0.25) is 5.88 Å². The minimum absolute atomic E-state index is 0.185. The van der Waals surface area contributed by atoms with E-state index in [0.717, 1.165) is 49.0 Å². The van der Waals surface area contributed by atoms with E-state index < -0.39 is 33.2 Å². The van der Waals surface area contributed by atoms with Crippen molar-refractivity contribution >= 4 is 26.7 Å². The molecule has 1 fully saturated rings. The number of fused-ring (bicyclic) bond motifs is 1. The summed E-state index contributed by atoms with van der Waals surface area (Å²) in [7, 11) is -3.29. The Morgan fingerprint density at radius 3 is 2.77 bits per heavy atom. The van der Waals surface area contributed by atoms with E-state index in [9.17, 15) is 22.5 Å². The molecule has 4 heterocycles. The van der Waals surface area contributed by atoms with Crippen LogP contribution in [0.5, 0.6) is 11.6 Å². The van der Waals surface area contributed by atoms with Crippen molar-refractivity contribution in [3.63, 3.8) is 0 Å². The molecular formula is C26H24F2N6O5S. The summed E-state index contributed by atoms with van der Waals surface area (Å²) in [4.78, 5) is 7.50. The number of nitrogens with one attached hydrogen (secondary N) is 1. The van der Waals surface area contributed by atoms with Gasteiger partial charge in [-0.15, -0.1) is 0 Å². The average Bonchev–Trinajstić information content (AvgIpc) is 3.29. The van der Waals surface area contributed by atoms with Gasteiger partial charge in [-0.2, -0.15) is 10.4 Å². The van der Waals surface area contributed by atoms with Crippen molar-refractivity contribution in [2.24, 2.45) is 0 Å². The molecular weight excluding hydrogens is 546 g/mol. The first-order valence-electron chi connectivity index (χ1n) is 12.2. The average molecular weight is 571 g/mol. The van der Waals surface area contributed by atoms with Crippen LogP contribution in [0.1, 0.15) is 42.3 Å². The van der Waals surface area contributed by atoms with Crippen molar-refractivity contribution in [3.05, 3.63) is 65.1 Å². The molecule has 1 unspecified atom stereocenters. The SMILES string of the molecule is COc1ncc(F)cc1S(=O)(=O)Nc1ccc(F)c(COc2cnc3c(c2)c(C)nn3C2CCCCO2)c1C#N. The van der Waals surface area contributed by atoms with E-state index in [1.165, 1.54) is 13.3 Å². The number of anilines is 1. The zero-order valence-corrected chi connectivity index (χ0v) is 22.3. The Hall–Kier alpha value is -4.35. The van der Waals surface area contributed by atoms with Crippen molar-refractivity contribution in [3.8, 4) is 17.7 Å². The zero-order chi connectivity index (χ0) is 28.4. The largest absolute Gasteiger partial charge is 0.487 e. The number of methoxy groups -OCH3 is 1. The predicted molar refractivity (Wildman–Crippen MR) is 138 cm³/mol. The van der Waals surface area contributed by atoms with Gasteiger partial charge in [0.1, 0.15) is 30.1 Å². The number of aromatic nitrogens is 4. The highest BCUT2D eigenvalue weighted by Crippen LogP contribution is 2.31. The number of halogens is 2. The van der Waals surface area contributed by atoms with Gasteiger partial charge in [-0.25, -0.2) is 31.8 Å². The van der Waals surface area contributed by atoms with Crippen LogP contribution in [0.15, 0.2) is 41.6 Å². The summed E-state index contributed by atoms with van der Waals surface area (Å²) in [5, 5.41) is 15.1. The molecule has 1 aliphatic heterocycles. The fourth-order valence-corrected chi connectivity index (χ4v) is 5.64. The van der Waals surface area contributed by atoms with Crippen LogP contribution in [0.4, 0.5) is 14.5 Å². The first-order chi connectivity index (χ1) is 19.2. The van der Waals surface area contributed by atoms with Crippen LogP contribution in [0.2, 0.25) is 0 Å². The number of rotatable bonds is 8. The normalized spacial score (nSPS) is 15.5. The topological polar surface area (TPSA) is 141 Å². The third-order valence-corrected chi connectivity index (χ3v) is 7.76. The molecule has 4 aromatic rings. The number of sulfonamides is 1. The van der Waals surface area contributed by atoms with Gasteiger partial charge in [0.25, 0.3) is 10.0 Å². The smallest absolute Gasteiger partial charge is 0.267 e. The monoisotopic (exact) mass is 570 g/mol. The molecule has 40 heavy (non-hydrogen) atoms. The Labute approximate surface area is 228 Å². The van der Waals surface area contributed by atoms with E-state index in [2.05, 4.69) is 19.8 Å². The Bertz CT molecular complexity index is 1730. The summed E-state index contributed by atoms with van der Waals surface area (Å²) in [5.41, 5.74) is 0.616. The summed E-state index contributed by atoms with van der Waals surface area (Å²) < 4.78 is 75.1. The number of benzene rings is 1. The van der Waals surface area contributed by atoms with Crippen LogP contribution in [-0.4, -0.2) is 41.9 Å². The second-order valence-electron chi connectivity index (χ2n) is 9.01. The molecule has 1 N–H and O–H groups in total. The molecule has 208 valence electrons. The summed E-state index contributed by atoms with van der Waals surface area (Å²) in [6.45, 7) is 2.08. The van der Waals surface area contributed by atoms with Gasteiger partial charge in [0, 0.05) is 23.6 Å². The fourth-order valence-electron chi connectivity index (χ4n) is 4.43. The summed E-state index contributed by atoms with van der Waals surface area (Å²) in [5.74, 6) is -1.75. The number of nitriles is 1. The van der Waals surface area contributed by atoms with Crippen LogP contribution < -0.4 is 14.2 Å². The molecule has 11 nitrogen and oxygen atoms in total. The van der Waals surface area contributed by atoms with Crippen molar-refractivity contribution in [1.29, 1.82) is 5.26 Å². The molecule has 5 rings (SSSR count). The molecule has 0 amide bonds. The van der Waals surface area contributed by atoms with Gasteiger partial charge in [0.15, 0.2) is 16.8 Å². The molecule has 1 saturated heterocycles. The lowest BCUT2D eigenvalue weighted by atomic mass is 10.1. The first kappa shape index (κ1) is 27.2. The predicted octanol–water partition coefficient (Wildman–Crippen LogP) is 4.37. The van der Waals surface area contributed by atoms with Gasteiger partial charge >= 0.3 is 0 Å². The molecule has 0 bridgehead atoms. The van der Waals surface area contributed by atoms with Crippen molar-refractivity contribution in [2.75, 3.05) is 18.4 Å². The van der Waals surface area contributed by atoms with E-state index in [-0.39, 0.29) is 28.9 Å². The second kappa shape index (κ2) is 11.0. The highest BCUT2D eigenvalue weighted by atomic mass is 32.2. The lowest BCUT2D eigenvalue weighted by molar-refractivity contribution is -0.0371. The minimum atomic E-state index is -4.47. The first-order valence-corrected chi connectivity index (χ1v) is 13.7. The van der Waals surface area contributed by atoms with Crippen LogP contribution in [0, 0.1) is 29.9 Å². The van der Waals surface area contributed by atoms with Gasteiger partial charge in [0.05, 0.1) is 36.4 Å². The highest BCUT2D eigenvalue weighted by Gasteiger charge is 2.25. The van der Waals surface area contributed by atoms with E-state index in [1.54, 1.807) is 10.7 Å². The van der Waals surface area contributed by atoms with Gasteiger partial charge in [-0.1, -0.05) is 0 Å². The number of nitrogens with zero attached hydrogens (tertiary/aromatic N) is 5. The van der Waals surface area contributed by atoms with Crippen molar-refractivity contribution in [2.45, 2.75) is 43.9 Å². The molecule has 0 aliphatic carbocycles. The molecule has 1 aromatic carbocycles. The number of ether oxygens (including phenoxy) is 3. The molecule has 1 aliphatic rings. The van der Waals surface area contributed by atoms with E-state index in [4.69, 9.17) is 14.2 Å². The third-order valence-electron chi connectivity index (χ3n) is 6.40. The number of hydrogen-bond donors (Lipinski definition) is 1. The van der Waals surface area contributed by atoms with Gasteiger partial charge in [-0.05, 0) is 44.4 Å². The lowest BCUT2D eigenvalue weighted by Gasteiger charge is -2.23. The third kappa shape index (κ3) is 5.25. The van der Waals surface area contributed by atoms with Crippen LogP contribution in [-0.2, 0) is 21.4 Å². The standard InChI is InChI=1S/C26H24F2N6O5S/c1-15-18-10-17(13-30-25(18)34(32-15)24-5-3-4-8-38-24)39-14-20-19(11-29)22(7-6-21(20)28)33-40(35,36)23-9-16(27)12-31-26(23)37-2/h6-7,9-10,12-13,24,33H,3-5,8,14H2,1-2H3. The molecule has 1 atom stereocenters. The Morgan fingerprint density at radius 2 is 2.05 bits per heavy atom. The number of aryl methyl sites for hydroxylation is 1. The Kier molecular flexibility index (Phi) is 7.51. The van der Waals surface area contributed by atoms with Crippen molar-refractivity contribution < 1.29 is 31.4 Å². The maximum absolute atomic E-state index is 14.8. The highest BCUT2D eigenvalue weighted by molar-refractivity contribution is 7.92. The Balaban J connectivity index is 1.41. The quantitative estimate of drug-likeness (QED) is 0.327. The van der Waals surface area contributed by atoms with Crippen LogP contribution in [0.25, 0.3) is 11.0 Å². The van der Waals surface area contributed by atoms with Gasteiger partial charge in [-0.3, -0.25) is 4.72 Å². The summed E-state index contributed by atoms with van der Waals surface area (Å²) in [6.07, 6.45) is 4.92. The van der Waals surface area contributed by atoms with E-state index in [1.807, 2.05) is 13.0 Å². The number of hydrogen-bond acceptors (Lipinski definition) is 9. The number of pyridine rings is 2. The summed E-state index contributed by atoms with van der Waals surface area (Å²) in [6, 6.07) is 6.35. The second-order valence-corrected chi connectivity index (χ2v) is 10.7. The van der Waals surface area contributed by atoms with Crippen molar-refractivity contribution in [1.82, 2.24) is 19.7 Å². The van der Waals surface area contributed by atoms with Crippen LogP contribution >= 0.6 is 0 Å². The maximum Gasteiger partial charge on any atom is 0.267 e. The molecule has 0 radical (unpaired) electrons. The molecule has 14 heteroatoms. The molecule has 0 spiro atoms. The molecule has 0 saturated carbocycles. The maximum atomic E-state index is 14.8. The molecule has 3 aromatic heterocycles. The van der Waals surface area contributed by atoms with Gasteiger partial charge < -0.3 is 14.2 Å². The Morgan fingerprint density at radius 1 is 1.23 bits per heavy atom. The lowest BCUT2D eigenvalue weighted by Crippen LogP contribution is -2.19. The minimum Gasteiger partial charge on any atom is -0.487 e. The fraction of sp³-hybridized carbons (Fsp3) is 0.308. The summed E-state index contributed by atoms with van der Waals surface area (Å²) >= 11 is 0. The van der Waals surface area contributed by atoms with Crippen LogP contribution in [0.3, 0.4) is 0 Å². The van der Waals surface area contributed by atoms with E-state index in [0.29, 0.717) is 23.7 Å². The zero-order valence-electron chi connectivity index (χ0n) is 21.5. The van der Waals surface area contributed by atoms with E-state index >= 15 is 0 Å².